The van der Waals surface area contributed by atoms with Gasteiger partial charge in [-0.15, -0.1) is 0 Å². The Balaban J connectivity index is 2.52. The van der Waals surface area contributed by atoms with Crippen LogP contribution in [0.1, 0.15) is 40.5 Å². The Labute approximate surface area is 98.5 Å². The lowest BCUT2D eigenvalue weighted by atomic mass is 9.66. The van der Waals surface area contributed by atoms with Crippen molar-refractivity contribution in [2.24, 2.45) is 0 Å². The molecular formula is C11H24BNO3. The summed E-state index contributed by atoms with van der Waals surface area (Å²) >= 11 is 0. The Bertz CT molecular complexity index is 222. The monoisotopic (exact) mass is 229 g/mol. The van der Waals surface area contributed by atoms with E-state index in [4.69, 9.17) is 4.65 Å². The first-order valence-electron chi connectivity index (χ1n) is 6.03. The van der Waals surface area contributed by atoms with E-state index in [1.165, 1.54) is 0 Å². The predicted molar refractivity (Wildman–Crippen MR) is 65.3 cm³/mol. The molecule has 4 nitrogen and oxygen atoms in total. The third kappa shape index (κ3) is 3.45. The first kappa shape index (κ1) is 14.0. The Hall–Kier alpha value is -0.0951. The quantitative estimate of drug-likeness (QED) is 0.623. The molecule has 5 heteroatoms. The molecule has 0 aromatic heterocycles. The summed E-state index contributed by atoms with van der Waals surface area (Å²) in [7, 11) is -0.788. The number of piperidine rings is 1. The largest absolute Gasteiger partial charge is 0.458 e. The Morgan fingerprint density at radius 3 is 2.12 bits per heavy atom. The molecule has 1 fully saturated rings. The van der Waals surface area contributed by atoms with Crippen molar-refractivity contribution >= 4 is 7.12 Å². The van der Waals surface area contributed by atoms with Gasteiger partial charge < -0.3 is 20.1 Å². The smallest absolute Gasteiger partial charge is 0.427 e. The van der Waals surface area contributed by atoms with Crippen LogP contribution in [-0.2, 0) is 4.65 Å². The van der Waals surface area contributed by atoms with E-state index in [9.17, 15) is 10.1 Å². The molecule has 1 aliphatic rings. The van der Waals surface area contributed by atoms with E-state index in [0.29, 0.717) is 0 Å². The fourth-order valence-electron chi connectivity index (χ4n) is 1.67. The van der Waals surface area contributed by atoms with Crippen LogP contribution in [0.15, 0.2) is 0 Å². The summed E-state index contributed by atoms with van der Waals surface area (Å²) in [5.41, 5.74) is -1.72. The minimum atomic E-state index is -0.971. The van der Waals surface area contributed by atoms with Gasteiger partial charge in [0.05, 0.1) is 11.2 Å². The van der Waals surface area contributed by atoms with Gasteiger partial charge in [-0.1, -0.05) is 0 Å². The molecule has 0 unspecified atom stereocenters. The number of hydrogen-bond donors (Lipinski definition) is 3. The summed E-state index contributed by atoms with van der Waals surface area (Å²) in [5.74, 6) is 0.169. The lowest BCUT2D eigenvalue weighted by Crippen LogP contribution is -2.51. The highest BCUT2D eigenvalue weighted by Gasteiger charge is 2.41. The highest BCUT2D eigenvalue weighted by atomic mass is 16.5. The maximum Gasteiger partial charge on any atom is 0.458 e. The molecule has 1 saturated heterocycles. The number of hydrogen-bond acceptors (Lipinski definition) is 4. The topological polar surface area (TPSA) is 61.7 Å². The van der Waals surface area contributed by atoms with E-state index in [1.807, 2.05) is 0 Å². The Morgan fingerprint density at radius 1 is 1.19 bits per heavy atom. The van der Waals surface area contributed by atoms with Crippen molar-refractivity contribution in [3.8, 4) is 0 Å². The average molecular weight is 229 g/mol. The SMILES string of the molecule is CC(C)(O)C(C)(C)OB(O)C1CCNCC1. The second-order valence-corrected chi connectivity index (χ2v) is 5.67. The fourth-order valence-corrected chi connectivity index (χ4v) is 1.67. The maximum absolute atomic E-state index is 10.0. The van der Waals surface area contributed by atoms with E-state index in [-0.39, 0.29) is 5.82 Å². The summed E-state index contributed by atoms with van der Waals surface area (Å²) in [6, 6.07) is 0. The van der Waals surface area contributed by atoms with Gasteiger partial charge in [0.15, 0.2) is 0 Å². The molecule has 0 aromatic rings. The second-order valence-electron chi connectivity index (χ2n) is 5.67. The van der Waals surface area contributed by atoms with Crippen molar-refractivity contribution in [1.82, 2.24) is 5.32 Å². The first-order chi connectivity index (χ1) is 7.24. The minimum Gasteiger partial charge on any atom is -0.427 e. The standard InChI is InChI=1S/C11H24BNO3/c1-10(2,14)11(3,4)16-12(15)9-5-7-13-8-6-9/h9,13-15H,5-8H2,1-4H3. The van der Waals surface area contributed by atoms with Crippen LogP contribution in [0.5, 0.6) is 0 Å². The lowest BCUT2D eigenvalue weighted by molar-refractivity contribution is -0.101. The highest BCUT2D eigenvalue weighted by molar-refractivity contribution is 6.45. The fraction of sp³-hybridized carbons (Fsp3) is 1.00. The molecule has 0 atom stereocenters. The minimum absolute atomic E-state index is 0.169. The molecule has 0 bridgehead atoms. The molecule has 0 radical (unpaired) electrons. The van der Waals surface area contributed by atoms with Crippen molar-refractivity contribution in [2.45, 2.75) is 57.6 Å². The summed E-state index contributed by atoms with van der Waals surface area (Å²) < 4.78 is 5.62. The summed E-state index contributed by atoms with van der Waals surface area (Å²) in [6.07, 6.45) is 1.84. The van der Waals surface area contributed by atoms with Crippen LogP contribution >= 0.6 is 0 Å². The third-order valence-corrected chi connectivity index (χ3v) is 3.68. The highest BCUT2D eigenvalue weighted by Crippen LogP contribution is 2.30. The molecular weight excluding hydrogens is 205 g/mol. The van der Waals surface area contributed by atoms with Crippen LogP contribution in [0, 0.1) is 0 Å². The van der Waals surface area contributed by atoms with Gasteiger partial charge in [0.2, 0.25) is 0 Å². The zero-order chi connectivity index (χ0) is 12.4. The van der Waals surface area contributed by atoms with E-state index in [0.717, 1.165) is 25.9 Å². The molecule has 3 N–H and O–H groups in total. The molecule has 94 valence electrons. The molecule has 0 saturated carbocycles. The molecule has 0 aliphatic carbocycles. The van der Waals surface area contributed by atoms with Gasteiger partial charge in [-0.2, -0.15) is 0 Å². The van der Waals surface area contributed by atoms with Gasteiger partial charge in [-0.25, -0.2) is 0 Å². The van der Waals surface area contributed by atoms with Crippen LogP contribution in [0.3, 0.4) is 0 Å². The second kappa shape index (κ2) is 5.04. The van der Waals surface area contributed by atoms with Crippen molar-refractivity contribution < 1.29 is 14.8 Å². The van der Waals surface area contributed by atoms with Gasteiger partial charge in [0.1, 0.15) is 0 Å². The summed E-state index contributed by atoms with van der Waals surface area (Å²) in [5, 5.41) is 23.2. The predicted octanol–water partition coefficient (Wildman–Crippen LogP) is 0.787. The molecule has 16 heavy (non-hydrogen) atoms. The molecule has 0 aromatic carbocycles. The first-order valence-corrected chi connectivity index (χ1v) is 6.03. The Morgan fingerprint density at radius 2 is 1.69 bits per heavy atom. The lowest BCUT2D eigenvalue weighted by Gasteiger charge is -2.40. The summed E-state index contributed by atoms with van der Waals surface area (Å²) in [4.78, 5) is 0. The molecule has 1 aliphatic heterocycles. The third-order valence-electron chi connectivity index (χ3n) is 3.68. The van der Waals surface area contributed by atoms with Gasteiger partial charge >= 0.3 is 7.12 Å². The average Bonchev–Trinajstić information content (AvgIpc) is 2.16. The van der Waals surface area contributed by atoms with Crippen LogP contribution < -0.4 is 5.32 Å². The van der Waals surface area contributed by atoms with Crippen molar-refractivity contribution in [3.63, 3.8) is 0 Å². The van der Waals surface area contributed by atoms with Crippen molar-refractivity contribution in [1.29, 1.82) is 0 Å². The van der Waals surface area contributed by atoms with Crippen molar-refractivity contribution in [2.75, 3.05) is 13.1 Å². The van der Waals surface area contributed by atoms with E-state index >= 15 is 0 Å². The normalized spacial score (nSPS) is 19.9. The van der Waals surface area contributed by atoms with E-state index in [1.54, 1.807) is 27.7 Å². The Kier molecular flexibility index (Phi) is 4.40. The molecule has 0 amide bonds. The van der Waals surface area contributed by atoms with Gasteiger partial charge in [0.25, 0.3) is 0 Å². The van der Waals surface area contributed by atoms with Crippen LogP contribution in [-0.4, -0.2) is 41.5 Å². The number of rotatable bonds is 4. The van der Waals surface area contributed by atoms with Crippen LogP contribution in [0.4, 0.5) is 0 Å². The van der Waals surface area contributed by atoms with Crippen LogP contribution in [0.2, 0.25) is 5.82 Å². The van der Waals surface area contributed by atoms with Gasteiger partial charge in [0, 0.05) is 0 Å². The van der Waals surface area contributed by atoms with Gasteiger partial charge in [-0.05, 0) is 59.4 Å². The zero-order valence-corrected chi connectivity index (χ0v) is 10.8. The number of aliphatic hydroxyl groups is 1. The molecule has 1 heterocycles. The van der Waals surface area contributed by atoms with Gasteiger partial charge in [-0.3, -0.25) is 0 Å². The van der Waals surface area contributed by atoms with E-state index < -0.39 is 18.3 Å². The molecule has 0 spiro atoms. The number of nitrogens with one attached hydrogen (secondary N) is 1. The zero-order valence-electron chi connectivity index (χ0n) is 10.8. The summed E-state index contributed by atoms with van der Waals surface area (Å²) in [6.45, 7) is 8.85. The molecule has 1 rings (SSSR count). The van der Waals surface area contributed by atoms with Crippen LogP contribution in [0.25, 0.3) is 0 Å². The van der Waals surface area contributed by atoms with E-state index in [2.05, 4.69) is 5.32 Å². The van der Waals surface area contributed by atoms with Crippen molar-refractivity contribution in [3.05, 3.63) is 0 Å². The maximum atomic E-state index is 10.0.